The molecule has 116 valence electrons. The van der Waals surface area contributed by atoms with Crippen molar-refractivity contribution in [3.05, 3.63) is 17.5 Å². The summed E-state index contributed by atoms with van der Waals surface area (Å²) in [6.07, 6.45) is 2.95. The SMILES string of the molecule is CCn1cc2c(n1)C(COC)CN(C(=O)C1CC(O)C1)C2. The molecule has 3 rings (SSSR count). The molecular formula is C15H23N3O3. The summed E-state index contributed by atoms with van der Waals surface area (Å²) in [7, 11) is 1.68. The highest BCUT2D eigenvalue weighted by Gasteiger charge is 2.39. The van der Waals surface area contributed by atoms with Crippen LogP contribution in [-0.2, 0) is 22.6 Å². The standard InChI is InChI=1S/C15H23N3O3/c1-3-18-8-11-6-17(15(20)10-4-13(19)5-10)7-12(9-21-2)14(11)16-18/h8,10,12-13,19H,3-7,9H2,1-2H3. The van der Waals surface area contributed by atoms with E-state index >= 15 is 0 Å². The fraction of sp³-hybridized carbons (Fsp3) is 0.733. The summed E-state index contributed by atoms with van der Waals surface area (Å²) in [5, 5.41) is 14.0. The number of aromatic nitrogens is 2. The number of methoxy groups -OCH3 is 1. The largest absolute Gasteiger partial charge is 0.393 e. The first-order valence-corrected chi connectivity index (χ1v) is 7.64. The molecule has 0 bridgehead atoms. The van der Waals surface area contributed by atoms with Gasteiger partial charge in [-0.2, -0.15) is 5.10 Å². The van der Waals surface area contributed by atoms with Crippen LogP contribution >= 0.6 is 0 Å². The van der Waals surface area contributed by atoms with Gasteiger partial charge in [0, 0.05) is 50.3 Å². The van der Waals surface area contributed by atoms with Crippen LogP contribution in [0, 0.1) is 5.92 Å². The number of rotatable bonds is 4. The number of fused-ring (bicyclic) bond motifs is 1. The van der Waals surface area contributed by atoms with Gasteiger partial charge >= 0.3 is 0 Å². The smallest absolute Gasteiger partial charge is 0.226 e. The Kier molecular flexibility index (Phi) is 3.99. The van der Waals surface area contributed by atoms with Gasteiger partial charge in [0.05, 0.1) is 18.4 Å². The van der Waals surface area contributed by atoms with E-state index in [-0.39, 0.29) is 23.8 Å². The Morgan fingerprint density at radius 3 is 2.90 bits per heavy atom. The minimum Gasteiger partial charge on any atom is -0.393 e. The average Bonchev–Trinajstić information content (AvgIpc) is 2.87. The van der Waals surface area contributed by atoms with E-state index in [4.69, 9.17) is 4.74 Å². The molecule has 0 saturated heterocycles. The number of aliphatic hydroxyl groups excluding tert-OH is 1. The van der Waals surface area contributed by atoms with E-state index in [1.807, 2.05) is 15.8 Å². The number of hydrogen-bond donors (Lipinski definition) is 1. The summed E-state index contributed by atoms with van der Waals surface area (Å²) in [6, 6.07) is 0. The van der Waals surface area contributed by atoms with E-state index < -0.39 is 0 Å². The van der Waals surface area contributed by atoms with Gasteiger partial charge in [0.1, 0.15) is 0 Å². The summed E-state index contributed by atoms with van der Waals surface area (Å²) < 4.78 is 7.22. The molecule has 1 atom stereocenters. The van der Waals surface area contributed by atoms with E-state index in [2.05, 4.69) is 12.0 Å². The Hall–Kier alpha value is -1.40. The number of aliphatic hydroxyl groups is 1. The van der Waals surface area contributed by atoms with Gasteiger partial charge in [-0.15, -0.1) is 0 Å². The van der Waals surface area contributed by atoms with Crippen molar-refractivity contribution in [3.63, 3.8) is 0 Å². The maximum absolute atomic E-state index is 12.5. The Morgan fingerprint density at radius 2 is 2.29 bits per heavy atom. The van der Waals surface area contributed by atoms with Crippen LogP contribution in [0.2, 0.25) is 0 Å². The summed E-state index contributed by atoms with van der Waals surface area (Å²) in [5.41, 5.74) is 2.19. The van der Waals surface area contributed by atoms with Crippen molar-refractivity contribution < 1.29 is 14.6 Å². The molecule has 0 spiro atoms. The first-order valence-electron chi connectivity index (χ1n) is 7.64. The quantitative estimate of drug-likeness (QED) is 0.889. The lowest BCUT2D eigenvalue weighted by molar-refractivity contribution is -0.143. The molecule has 1 saturated carbocycles. The number of carbonyl (C=O) groups excluding carboxylic acids is 1. The minimum atomic E-state index is -0.295. The zero-order valence-corrected chi connectivity index (χ0v) is 12.7. The van der Waals surface area contributed by atoms with Crippen molar-refractivity contribution >= 4 is 5.91 Å². The third-order valence-corrected chi connectivity index (χ3v) is 4.52. The van der Waals surface area contributed by atoms with Crippen molar-refractivity contribution in [1.82, 2.24) is 14.7 Å². The molecule has 1 aliphatic carbocycles. The zero-order valence-electron chi connectivity index (χ0n) is 12.7. The van der Waals surface area contributed by atoms with E-state index in [0.29, 0.717) is 32.5 Å². The fourth-order valence-electron chi connectivity index (χ4n) is 3.28. The maximum atomic E-state index is 12.5. The average molecular weight is 293 g/mol. The van der Waals surface area contributed by atoms with E-state index in [0.717, 1.165) is 17.8 Å². The molecule has 1 aromatic rings. The molecule has 2 heterocycles. The third kappa shape index (κ3) is 2.70. The topological polar surface area (TPSA) is 67.6 Å². The zero-order chi connectivity index (χ0) is 15.0. The van der Waals surface area contributed by atoms with Gasteiger partial charge in [0.2, 0.25) is 5.91 Å². The Morgan fingerprint density at radius 1 is 1.52 bits per heavy atom. The molecule has 1 amide bonds. The van der Waals surface area contributed by atoms with Gasteiger partial charge in [0.15, 0.2) is 0 Å². The van der Waals surface area contributed by atoms with E-state index in [1.54, 1.807) is 7.11 Å². The van der Waals surface area contributed by atoms with Crippen molar-refractivity contribution in [2.75, 3.05) is 20.3 Å². The molecule has 6 nitrogen and oxygen atoms in total. The summed E-state index contributed by atoms with van der Waals surface area (Å²) in [5.74, 6) is 0.294. The summed E-state index contributed by atoms with van der Waals surface area (Å²) >= 11 is 0. The van der Waals surface area contributed by atoms with Crippen LogP contribution in [0.5, 0.6) is 0 Å². The maximum Gasteiger partial charge on any atom is 0.226 e. The third-order valence-electron chi connectivity index (χ3n) is 4.52. The second kappa shape index (κ2) is 5.77. The molecule has 6 heteroatoms. The minimum absolute atomic E-state index is 0.00837. The Bertz CT molecular complexity index is 522. The molecule has 1 fully saturated rings. The molecule has 0 aromatic carbocycles. The number of aryl methyl sites for hydroxylation is 1. The Labute approximate surface area is 124 Å². The molecule has 0 radical (unpaired) electrons. The molecular weight excluding hydrogens is 270 g/mol. The predicted octanol–water partition coefficient (Wildman–Crippen LogP) is 0.746. The highest BCUT2D eigenvalue weighted by Crippen LogP contribution is 2.33. The first kappa shape index (κ1) is 14.5. The van der Waals surface area contributed by atoms with Crippen molar-refractivity contribution in [1.29, 1.82) is 0 Å². The molecule has 1 N–H and O–H groups in total. The van der Waals surface area contributed by atoms with Gasteiger partial charge in [-0.1, -0.05) is 0 Å². The van der Waals surface area contributed by atoms with Gasteiger partial charge in [-0.05, 0) is 19.8 Å². The highest BCUT2D eigenvalue weighted by atomic mass is 16.5. The first-order chi connectivity index (χ1) is 10.1. The number of ether oxygens (including phenoxy) is 1. The Balaban J connectivity index is 1.78. The van der Waals surface area contributed by atoms with Gasteiger partial charge < -0.3 is 14.7 Å². The van der Waals surface area contributed by atoms with Crippen LogP contribution in [0.3, 0.4) is 0 Å². The molecule has 21 heavy (non-hydrogen) atoms. The molecule has 1 aromatic heterocycles. The monoisotopic (exact) mass is 293 g/mol. The van der Waals surface area contributed by atoms with Crippen LogP contribution in [0.15, 0.2) is 6.20 Å². The number of nitrogens with zero attached hydrogens (tertiary/aromatic N) is 3. The second-order valence-electron chi connectivity index (χ2n) is 6.09. The normalized spacial score (nSPS) is 28.1. The number of carbonyl (C=O) groups is 1. The number of amides is 1. The lowest BCUT2D eigenvalue weighted by Crippen LogP contribution is -2.46. The molecule has 2 aliphatic rings. The highest BCUT2D eigenvalue weighted by molar-refractivity contribution is 5.80. The van der Waals surface area contributed by atoms with Crippen LogP contribution < -0.4 is 0 Å². The van der Waals surface area contributed by atoms with Crippen molar-refractivity contribution in [3.8, 4) is 0 Å². The number of hydrogen-bond acceptors (Lipinski definition) is 4. The van der Waals surface area contributed by atoms with Crippen molar-refractivity contribution in [2.24, 2.45) is 5.92 Å². The predicted molar refractivity (Wildman–Crippen MR) is 76.7 cm³/mol. The summed E-state index contributed by atoms with van der Waals surface area (Å²) in [6.45, 7) is 4.75. The van der Waals surface area contributed by atoms with E-state index in [9.17, 15) is 9.90 Å². The van der Waals surface area contributed by atoms with Crippen LogP contribution in [0.1, 0.15) is 36.9 Å². The van der Waals surface area contributed by atoms with Gasteiger partial charge in [-0.3, -0.25) is 9.48 Å². The lowest BCUT2D eigenvalue weighted by Gasteiger charge is -2.38. The van der Waals surface area contributed by atoms with Gasteiger partial charge in [-0.25, -0.2) is 0 Å². The molecule has 1 unspecified atom stereocenters. The second-order valence-corrected chi connectivity index (χ2v) is 6.09. The van der Waals surface area contributed by atoms with E-state index in [1.165, 1.54) is 0 Å². The van der Waals surface area contributed by atoms with Gasteiger partial charge in [0.25, 0.3) is 0 Å². The fourth-order valence-corrected chi connectivity index (χ4v) is 3.28. The van der Waals surface area contributed by atoms with Crippen molar-refractivity contribution in [2.45, 2.75) is 44.9 Å². The lowest BCUT2D eigenvalue weighted by atomic mass is 9.81. The molecule has 1 aliphatic heterocycles. The van der Waals surface area contributed by atoms with Crippen LogP contribution in [0.4, 0.5) is 0 Å². The summed E-state index contributed by atoms with van der Waals surface area (Å²) in [4.78, 5) is 14.4. The van der Waals surface area contributed by atoms with Crippen LogP contribution in [0.25, 0.3) is 0 Å². The van der Waals surface area contributed by atoms with Crippen LogP contribution in [-0.4, -0.2) is 52.1 Å².